The third-order valence-corrected chi connectivity index (χ3v) is 5.81. The molecule has 2 fully saturated rings. The van der Waals surface area contributed by atoms with Gasteiger partial charge in [-0.3, -0.25) is 0 Å². The van der Waals surface area contributed by atoms with Crippen molar-refractivity contribution in [2.75, 3.05) is 19.6 Å². The van der Waals surface area contributed by atoms with Crippen molar-refractivity contribution in [2.24, 2.45) is 5.92 Å². The highest BCUT2D eigenvalue weighted by Crippen LogP contribution is 2.46. The van der Waals surface area contributed by atoms with Crippen molar-refractivity contribution < 1.29 is 13.5 Å². The highest BCUT2D eigenvalue weighted by molar-refractivity contribution is 5.85. The van der Waals surface area contributed by atoms with Crippen LogP contribution in [-0.4, -0.2) is 30.7 Å². The second kappa shape index (κ2) is 10.3. The summed E-state index contributed by atoms with van der Waals surface area (Å²) in [6.45, 7) is 3.24. The average molecular weight is 424 g/mol. The van der Waals surface area contributed by atoms with Crippen molar-refractivity contribution in [2.45, 2.75) is 44.2 Å². The topological polar surface area (TPSA) is 46.2 Å². The highest BCUT2D eigenvalue weighted by atomic mass is 35.5. The molecule has 1 saturated carbocycles. The molecule has 2 aromatic rings. The SMILES string of the molecule is Cl.Fc1cccc(OCc2cccnc2F)c1[C@@H]1C[C@H]1NCCC1CCNCC1. The maximum atomic E-state index is 14.5. The van der Waals surface area contributed by atoms with Crippen LogP contribution in [0.25, 0.3) is 0 Å². The minimum atomic E-state index is -0.552. The lowest BCUT2D eigenvalue weighted by atomic mass is 9.95. The molecule has 1 aromatic carbocycles. The van der Waals surface area contributed by atoms with E-state index < -0.39 is 5.95 Å². The number of nitrogens with one attached hydrogen (secondary N) is 2. The Bertz CT molecular complexity index is 801. The maximum Gasteiger partial charge on any atom is 0.219 e. The lowest BCUT2D eigenvalue weighted by molar-refractivity contribution is 0.292. The molecule has 0 amide bonds. The smallest absolute Gasteiger partial charge is 0.219 e. The Morgan fingerprint density at radius 3 is 2.76 bits per heavy atom. The number of benzene rings is 1. The van der Waals surface area contributed by atoms with Gasteiger partial charge in [-0.05, 0) is 75.5 Å². The van der Waals surface area contributed by atoms with Crippen molar-refractivity contribution in [3.05, 3.63) is 59.4 Å². The molecule has 7 heteroatoms. The number of pyridine rings is 1. The van der Waals surface area contributed by atoms with Crippen LogP contribution in [0.2, 0.25) is 0 Å². The maximum absolute atomic E-state index is 14.5. The minimum absolute atomic E-state index is 0. The number of hydrogen-bond donors (Lipinski definition) is 2. The zero-order valence-corrected chi connectivity index (χ0v) is 17.2. The Morgan fingerprint density at radius 1 is 1.14 bits per heavy atom. The van der Waals surface area contributed by atoms with Crippen LogP contribution in [-0.2, 0) is 6.61 Å². The van der Waals surface area contributed by atoms with E-state index in [9.17, 15) is 8.78 Å². The lowest BCUT2D eigenvalue weighted by Gasteiger charge is -2.22. The van der Waals surface area contributed by atoms with Crippen molar-refractivity contribution in [1.29, 1.82) is 0 Å². The standard InChI is InChI=1S/C22H27F2N3O.ClH/c23-18-4-1-5-20(28-14-16-3-2-9-27-22(16)24)21(18)17-13-19(17)26-12-8-15-6-10-25-11-7-15;/h1-5,9,15,17,19,25-26H,6-8,10-14H2;1H/t17-,19-;/m1./s1. The molecular formula is C22H28ClF2N3O. The monoisotopic (exact) mass is 423 g/mol. The van der Waals surface area contributed by atoms with Gasteiger partial charge < -0.3 is 15.4 Å². The van der Waals surface area contributed by atoms with Gasteiger partial charge in [0.1, 0.15) is 18.2 Å². The highest BCUT2D eigenvalue weighted by Gasteiger charge is 2.41. The average Bonchev–Trinajstić information content (AvgIpc) is 3.47. The minimum Gasteiger partial charge on any atom is -0.488 e. The Balaban J connectivity index is 0.00000240. The van der Waals surface area contributed by atoms with Crippen LogP contribution in [0.3, 0.4) is 0 Å². The summed E-state index contributed by atoms with van der Waals surface area (Å²) in [5.74, 6) is 0.590. The molecular weight excluding hydrogens is 396 g/mol. The van der Waals surface area contributed by atoms with Gasteiger partial charge >= 0.3 is 0 Å². The van der Waals surface area contributed by atoms with E-state index in [4.69, 9.17) is 4.74 Å². The first-order chi connectivity index (χ1) is 13.7. The molecule has 2 aliphatic rings. The van der Waals surface area contributed by atoms with Crippen LogP contribution in [0.1, 0.15) is 42.7 Å². The first kappa shape index (κ1) is 21.9. The summed E-state index contributed by atoms with van der Waals surface area (Å²) in [4.78, 5) is 3.63. The zero-order valence-electron chi connectivity index (χ0n) is 16.4. The second-order valence-electron chi connectivity index (χ2n) is 7.78. The molecule has 1 saturated heterocycles. The first-order valence-electron chi connectivity index (χ1n) is 10.2. The normalized spacial score (nSPS) is 21.4. The fraction of sp³-hybridized carbons (Fsp3) is 0.500. The van der Waals surface area contributed by atoms with Crippen LogP contribution in [0.4, 0.5) is 8.78 Å². The third kappa shape index (κ3) is 5.65. The molecule has 0 radical (unpaired) electrons. The van der Waals surface area contributed by atoms with Gasteiger partial charge in [-0.15, -0.1) is 12.4 Å². The summed E-state index contributed by atoms with van der Waals surface area (Å²) in [5.41, 5.74) is 0.969. The molecule has 2 N–H and O–H groups in total. The van der Waals surface area contributed by atoms with E-state index in [-0.39, 0.29) is 36.8 Å². The van der Waals surface area contributed by atoms with Crippen LogP contribution in [0.15, 0.2) is 36.5 Å². The molecule has 158 valence electrons. The van der Waals surface area contributed by atoms with Gasteiger partial charge in [-0.2, -0.15) is 4.39 Å². The van der Waals surface area contributed by atoms with E-state index in [1.165, 1.54) is 31.5 Å². The van der Waals surface area contributed by atoms with Crippen molar-refractivity contribution in [3.63, 3.8) is 0 Å². The quantitative estimate of drug-likeness (QED) is 0.625. The van der Waals surface area contributed by atoms with Crippen LogP contribution in [0.5, 0.6) is 5.75 Å². The van der Waals surface area contributed by atoms with Gasteiger partial charge in [0.2, 0.25) is 5.95 Å². The van der Waals surface area contributed by atoms with E-state index in [2.05, 4.69) is 15.6 Å². The van der Waals surface area contributed by atoms with E-state index in [0.717, 1.165) is 32.0 Å². The van der Waals surface area contributed by atoms with Crippen LogP contribution < -0.4 is 15.4 Å². The second-order valence-corrected chi connectivity index (χ2v) is 7.78. The first-order valence-corrected chi connectivity index (χ1v) is 10.2. The molecule has 0 unspecified atom stereocenters. The lowest BCUT2D eigenvalue weighted by Crippen LogP contribution is -2.30. The molecule has 1 aliphatic heterocycles. The van der Waals surface area contributed by atoms with Gasteiger partial charge in [0.25, 0.3) is 0 Å². The summed E-state index contributed by atoms with van der Waals surface area (Å²) < 4.78 is 34.0. The predicted octanol–water partition coefficient (Wildman–Crippen LogP) is 4.20. The van der Waals surface area contributed by atoms with E-state index in [0.29, 0.717) is 16.9 Å². The summed E-state index contributed by atoms with van der Waals surface area (Å²) in [5, 5.41) is 6.97. The molecule has 4 nitrogen and oxygen atoms in total. The molecule has 1 aliphatic carbocycles. The van der Waals surface area contributed by atoms with Crippen LogP contribution >= 0.6 is 12.4 Å². The van der Waals surface area contributed by atoms with Gasteiger partial charge in [-0.25, -0.2) is 9.37 Å². The van der Waals surface area contributed by atoms with Gasteiger partial charge in [0, 0.05) is 29.3 Å². The molecule has 2 heterocycles. The Hall–Kier alpha value is -1.76. The number of nitrogens with zero attached hydrogens (tertiary/aromatic N) is 1. The van der Waals surface area contributed by atoms with Gasteiger partial charge in [-0.1, -0.05) is 6.07 Å². The number of piperidine rings is 1. The zero-order chi connectivity index (χ0) is 19.3. The molecule has 0 spiro atoms. The predicted molar refractivity (Wildman–Crippen MR) is 112 cm³/mol. The Kier molecular flexibility index (Phi) is 7.81. The van der Waals surface area contributed by atoms with Crippen LogP contribution in [0, 0.1) is 17.7 Å². The fourth-order valence-corrected chi connectivity index (χ4v) is 4.07. The fourth-order valence-electron chi connectivity index (χ4n) is 4.07. The Morgan fingerprint density at radius 2 is 1.97 bits per heavy atom. The summed E-state index contributed by atoms with van der Waals surface area (Å²) in [6, 6.07) is 8.45. The largest absolute Gasteiger partial charge is 0.488 e. The van der Waals surface area contributed by atoms with Crippen molar-refractivity contribution in [3.8, 4) is 5.75 Å². The molecule has 1 aromatic heterocycles. The molecule has 29 heavy (non-hydrogen) atoms. The molecule has 2 atom stereocenters. The number of ether oxygens (including phenoxy) is 1. The third-order valence-electron chi connectivity index (χ3n) is 5.81. The number of rotatable bonds is 8. The van der Waals surface area contributed by atoms with Gasteiger partial charge in [0.15, 0.2) is 0 Å². The van der Waals surface area contributed by atoms with Crippen molar-refractivity contribution in [1.82, 2.24) is 15.6 Å². The molecule has 4 rings (SSSR count). The number of aromatic nitrogens is 1. The van der Waals surface area contributed by atoms with Gasteiger partial charge in [0.05, 0.1) is 0 Å². The summed E-state index contributed by atoms with van der Waals surface area (Å²) >= 11 is 0. The Labute approximate surface area is 176 Å². The summed E-state index contributed by atoms with van der Waals surface area (Å²) in [6.07, 6.45) is 5.96. The van der Waals surface area contributed by atoms with E-state index >= 15 is 0 Å². The van der Waals surface area contributed by atoms with E-state index in [1.54, 1.807) is 24.3 Å². The van der Waals surface area contributed by atoms with E-state index in [1.807, 2.05) is 0 Å². The number of halogens is 3. The number of hydrogen-bond acceptors (Lipinski definition) is 4. The van der Waals surface area contributed by atoms with Crippen molar-refractivity contribution >= 4 is 12.4 Å². The summed E-state index contributed by atoms with van der Waals surface area (Å²) in [7, 11) is 0. The molecule has 0 bridgehead atoms.